The lowest BCUT2D eigenvalue weighted by Gasteiger charge is -2.34. The van der Waals surface area contributed by atoms with Crippen LogP contribution in [0.2, 0.25) is 0 Å². The van der Waals surface area contributed by atoms with Gasteiger partial charge in [-0.2, -0.15) is 0 Å². The van der Waals surface area contributed by atoms with Gasteiger partial charge >= 0.3 is 6.09 Å². The van der Waals surface area contributed by atoms with Crippen LogP contribution in [0.5, 0.6) is 0 Å². The second-order valence-electron chi connectivity index (χ2n) is 7.81. The molecule has 0 saturated heterocycles. The first-order valence-corrected chi connectivity index (χ1v) is 8.34. The average Bonchev–Trinajstić information content (AvgIpc) is 2.38. The summed E-state index contributed by atoms with van der Waals surface area (Å²) in [5.41, 5.74) is -0.372. The predicted molar refractivity (Wildman–Crippen MR) is 94.9 cm³/mol. The average molecular weight is 332 g/mol. The monoisotopic (exact) mass is 331 g/mol. The van der Waals surface area contributed by atoms with Crippen LogP contribution in [0.25, 0.3) is 0 Å². The number of hydrogen-bond donors (Lipinski definition) is 2. The van der Waals surface area contributed by atoms with Gasteiger partial charge in [-0.05, 0) is 61.6 Å². The van der Waals surface area contributed by atoms with E-state index in [1.807, 2.05) is 20.8 Å². The molecule has 0 saturated carbocycles. The van der Waals surface area contributed by atoms with Crippen molar-refractivity contribution in [2.24, 2.45) is 0 Å². The highest BCUT2D eigenvalue weighted by Gasteiger charge is 2.22. The maximum absolute atomic E-state index is 11.6. The normalized spacial score (nSPS) is 14.0. The Bertz CT molecular complexity index is 338. The molecule has 138 valence electrons. The second-order valence-corrected chi connectivity index (χ2v) is 7.81. The number of amides is 1. The molecule has 1 atom stereocenters. The van der Waals surface area contributed by atoms with Crippen LogP contribution >= 0.6 is 0 Å². The summed E-state index contributed by atoms with van der Waals surface area (Å²) in [5.74, 6) is 0. The fraction of sp³-hybridized carbons (Fsp3) is 0.941. The van der Waals surface area contributed by atoms with Crippen molar-refractivity contribution < 1.29 is 14.3 Å². The molecule has 0 aromatic heterocycles. The summed E-state index contributed by atoms with van der Waals surface area (Å²) in [4.78, 5) is 13.8. The van der Waals surface area contributed by atoms with E-state index in [9.17, 15) is 4.79 Å². The van der Waals surface area contributed by atoms with Crippen LogP contribution in [0, 0.1) is 0 Å². The van der Waals surface area contributed by atoms with Crippen LogP contribution in [0.4, 0.5) is 4.79 Å². The maximum atomic E-state index is 11.6. The van der Waals surface area contributed by atoms with Crippen molar-refractivity contribution >= 4 is 6.09 Å². The van der Waals surface area contributed by atoms with Crippen molar-refractivity contribution in [3.63, 3.8) is 0 Å². The molecule has 23 heavy (non-hydrogen) atoms. The van der Waals surface area contributed by atoms with Crippen LogP contribution in [-0.4, -0.2) is 69.1 Å². The number of methoxy groups -OCH3 is 1. The minimum Gasteiger partial charge on any atom is -0.444 e. The molecule has 6 nitrogen and oxygen atoms in total. The van der Waals surface area contributed by atoms with Gasteiger partial charge in [0.15, 0.2) is 0 Å². The number of likely N-dealkylation sites (N-methyl/N-ethyl adjacent to an activating group) is 1. The molecule has 1 unspecified atom stereocenters. The van der Waals surface area contributed by atoms with E-state index >= 15 is 0 Å². The van der Waals surface area contributed by atoms with Crippen molar-refractivity contribution in [2.45, 2.75) is 64.6 Å². The molecule has 6 heteroatoms. The Balaban J connectivity index is 4.08. The van der Waals surface area contributed by atoms with Gasteiger partial charge in [0.05, 0.1) is 6.61 Å². The van der Waals surface area contributed by atoms with Gasteiger partial charge in [0, 0.05) is 31.8 Å². The zero-order valence-electron chi connectivity index (χ0n) is 16.3. The van der Waals surface area contributed by atoms with E-state index in [1.54, 1.807) is 7.11 Å². The standard InChI is InChI=1S/C17H37N3O3/c1-16(2,3)23-15(21)18-11-9-10-14(12-22-8)19-13-17(4,5)20(6)7/h14,19H,9-13H2,1-8H3,(H,18,21). The molecule has 0 aliphatic carbocycles. The third-order valence-electron chi connectivity index (χ3n) is 3.80. The number of carbonyl (C=O) groups excluding carboxylic acids is 1. The van der Waals surface area contributed by atoms with Crippen LogP contribution in [0.1, 0.15) is 47.5 Å². The topological polar surface area (TPSA) is 62.8 Å². The summed E-state index contributed by atoms with van der Waals surface area (Å²) < 4.78 is 10.5. The number of hydrogen-bond acceptors (Lipinski definition) is 5. The summed E-state index contributed by atoms with van der Waals surface area (Å²) in [5, 5.41) is 6.35. The lowest BCUT2D eigenvalue weighted by molar-refractivity contribution is 0.0526. The van der Waals surface area contributed by atoms with E-state index in [2.05, 4.69) is 43.5 Å². The number of nitrogens with one attached hydrogen (secondary N) is 2. The van der Waals surface area contributed by atoms with E-state index in [0.29, 0.717) is 13.2 Å². The Kier molecular flexibility index (Phi) is 9.73. The quantitative estimate of drug-likeness (QED) is 0.601. The molecule has 0 rings (SSSR count). The van der Waals surface area contributed by atoms with Gasteiger partial charge in [0.1, 0.15) is 5.60 Å². The summed E-state index contributed by atoms with van der Waals surface area (Å²) >= 11 is 0. The molecular weight excluding hydrogens is 294 g/mol. The molecule has 0 bridgehead atoms. The van der Waals surface area contributed by atoms with Crippen LogP contribution in [0.3, 0.4) is 0 Å². The highest BCUT2D eigenvalue weighted by atomic mass is 16.6. The minimum absolute atomic E-state index is 0.0841. The van der Waals surface area contributed by atoms with Crippen molar-refractivity contribution in [3.05, 3.63) is 0 Å². The van der Waals surface area contributed by atoms with E-state index in [-0.39, 0.29) is 17.7 Å². The fourth-order valence-corrected chi connectivity index (χ4v) is 1.85. The molecule has 0 aliphatic rings. The van der Waals surface area contributed by atoms with Gasteiger partial charge in [0.25, 0.3) is 0 Å². The number of ether oxygens (including phenoxy) is 2. The largest absolute Gasteiger partial charge is 0.444 e. The van der Waals surface area contributed by atoms with E-state index in [4.69, 9.17) is 9.47 Å². The second kappa shape index (κ2) is 10.1. The van der Waals surface area contributed by atoms with Gasteiger partial charge in [-0.1, -0.05) is 0 Å². The zero-order valence-corrected chi connectivity index (χ0v) is 16.3. The van der Waals surface area contributed by atoms with Gasteiger partial charge in [-0.3, -0.25) is 0 Å². The van der Waals surface area contributed by atoms with Crippen molar-refractivity contribution in [1.82, 2.24) is 15.5 Å². The molecule has 2 N–H and O–H groups in total. The Morgan fingerprint density at radius 2 is 1.78 bits per heavy atom. The van der Waals surface area contributed by atoms with Crippen LogP contribution in [-0.2, 0) is 9.47 Å². The highest BCUT2D eigenvalue weighted by molar-refractivity contribution is 5.67. The Morgan fingerprint density at radius 3 is 2.26 bits per heavy atom. The maximum Gasteiger partial charge on any atom is 0.407 e. The van der Waals surface area contributed by atoms with E-state index in [1.165, 1.54) is 0 Å². The summed E-state index contributed by atoms with van der Waals surface area (Å²) in [6, 6.07) is 0.277. The predicted octanol–water partition coefficient (Wildman–Crippen LogP) is 2.24. The first-order valence-electron chi connectivity index (χ1n) is 8.34. The minimum atomic E-state index is -0.456. The Morgan fingerprint density at radius 1 is 1.17 bits per heavy atom. The van der Waals surface area contributed by atoms with Crippen molar-refractivity contribution in [3.8, 4) is 0 Å². The fourth-order valence-electron chi connectivity index (χ4n) is 1.85. The highest BCUT2D eigenvalue weighted by Crippen LogP contribution is 2.10. The summed E-state index contributed by atoms with van der Waals surface area (Å²) in [6.45, 7) is 12.1. The number of carbonyl (C=O) groups is 1. The first-order chi connectivity index (χ1) is 10.5. The first kappa shape index (κ1) is 22.1. The summed E-state index contributed by atoms with van der Waals surface area (Å²) in [7, 11) is 5.88. The lowest BCUT2D eigenvalue weighted by Crippen LogP contribution is -2.50. The molecular formula is C17H37N3O3. The molecule has 0 aromatic carbocycles. The Labute approximate surface area is 142 Å². The van der Waals surface area contributed by atoms with Crippen molar-refractivity contribution in [1.29, 1.82) is 0 Å². The molecule has 0 radical (unpaired) electrons. The number of alkyl carbamates (subject to hydrolysis) is 1. The van der Waals surface area contributed by atoms with E-state index < -0.39 is 5.60 Å². The van der Waals surface area contributed by atoms with Crippen LogP contribution in [0.15, 0.2) is 0 Å². The SMILES string of the molecule is COCC(CCCNC(=O)OC(C)(C)C)NCC(C)(C)N(C)C. The van der Waals surface area contributed by atoms with Gasteiger partial charge in [-0.25, -0.2) is 4.79 Å². The smallest absolute Gasteiger partial charge is 0.407 e. The van der Waals surface area contributed by atoms with Gasteiger partial charge in [0.2, 0.25) is 0 Å². The molecule has 0 heterocycles. The number of rotatable bonds is 10. The zero-order chi connectivity index (χ0) is 18.1. The van der Waals surface area contributed by atoms with Gasteiger partial charge in [-0.15, -0.1) is 0 Å². The summed E-state index contributed by atoms with van der Waals surface area (Å²) in [6.07, 6.45) is 1.46. The van der Waals surface area contributed by atoms with Crippen molar-refractivity contribution in [2.75, 3.05) is 40.9 Å². The lowest BCUT2D eigenvalue weighted by atomic mass is 10.0. The Hall–Kier alpha value is -0.850. The van der Waals surface area contributed by atoms with Crippen LogP contribution < -0.4 is 10.6 Å². The third kappa shape index (κ3) is 11.3. The van der Waals surface area contributed by atoms with Gasteiger partial charge < -0.3 is 25.0 Å². The molecule has 0 aromatic rings. The molecule has 0 spiro atoms. The number of nitrogens with zero attached hydrogens (tertiary/aromatic N) is 1. The third-order valence-corrected chi connectivity index (χ3v) is 3.80. The molecule has 0 fully saturated rings. The van der Waals surface area contributed by atoms with E-state index in [0.717, 1.165) is 19.4 Å². The molecule has 0 aliphatic heterocycles. The molecule has 1 amide bonds.